The van der Waals surface area contributed by atoms with Gasteiger partial charge in [0.05, 0.1) is 6.20 Å². The summed E-state index contributed by atoms with van der Waals surface area (Å²) >= 11 is 3.16. The van der Waals surface area contributed by atoms with Crippen LogP contribution in [0.15, 0.2) is 23.2 Å². The summed E-state index contributed by atoms with van der Waals surface area (Å²) in [7, 11) is 0. The number of rotatable bonds is 2. The van der Waals surface area contributed by atoms with E-state index in [9.17, 15) is 4.79 Å². The molecule has 0 radical (unpaired) electrons. The molecule has 7 heteroatoms. The van der Waals surface area contributed by atoms with E-state index < -0.39 is 0 Å². The highest BCUT2D eigenvalue weighted by Gasteiger charge is 2.13. The summed E-state index contributed by atoms with van der Waals surface area (Å²) < 4.78 is 0.572. The van der Waals surface area contributed by atoms with Crippen LogP contribution in [-0.2, 0) is 0 Å². The largest absolute Gasteiger partial charge is 0.293 e. The fourth-order valence-corrected chi connectivity index (χ4v) is 1.31. The Morgan fingerprint density at radius 2 is 2.13 bits per heavy atom. The van der Waals surface area contributed by atoms with E-state index in [1.165, 1.54) is 30.3 Å². The number of carbonyl (C=O) groups is 1. The van der Waals surface area contributed by atoms with Gasteiger partial charge in [-0.25, -0.2) is 9.97 Å². The van der Waals surface area contributed by atoms with Crippen LogP contribution in [0.2, 0.25) is 0 Å². The van der Waals surface area contributed by atoms with Crippen molar-refractivity contribution in [1.29, 1.82) is 0 Å². The molecule has 0 N–H and O–H groups in total. The van der Waals surface area contributed by atoms with Crippen LogP contribution in [0.4, 0.5) is 0 Å². The first-order valence-electron chi connectivity index (χ1n) is 4.08. The molecule has 2 aromatic rings. The van der Waals surface area contributed by atoms with Gasteiger partial charge in [-0.15, -0.1) is 9.90 Å². The zero-order valence-electron chi connectivity index (χ0n) is 7.75. The van der Waals surface area contributed by atoms with E-state index in [-0.39, 0.29) is 11.5 Å². The SMILES string of the molecule is CC(=O)c1nccnc1-n1ncc(Br)n1. The molecule has 76 valence electrons. The third-order valence-corrected chi connectivity index (χ3v) is 2.03. The lowest BCUT2D eigenvalue weighted by Crippen LogP contribution is -2.10. The minimum atomic E-state index is -0.175. The van der Waals surface area contributed by atoms with Gasteiger partial charge in [-0.05, 0) is 15.9 Å². The molecule has 6 nitrogen and oxygen atoms in total. The van der Waals surface area contributed by atoms with Crippen molar-refractivity contribution >= 4 is 21.7 Å². The van der Waals surface area contributed by atoms with Gasteiger partial charge < -0.3 is 0 Å². The van der Waals surface area contributed by atoms with E-state index >= 15 is 0 Å². The maximum absolute atomic E-state index is 11.3. The molecule has 0 unspecified atom stereocenters. The smallest absolute Gasteiger partial charge is 0.203 e. The van der Waals surface area contributed by atoms with Gasteiger partial charge in [-0.1, -0.05) is 0 Å². The number of aromatic nitrogens is 5. The molecule has 2 aromatic heterocycles. The predicted octanol–water partition coefficient (Wildman–Crippen LogP) is 1.02. The molecular formula is C8H6BrN5O. The summed E-state index contributed by atoms with van der Waals surface area (Å²) in [6.45, 7) is 1.42. The fourth-order valence-electron chi connectivity index (χ4n) is 1.07. The van der Waals surface area contributed by atoms with Crippen molar-refractivity contribution in [2.24, 2.45) is 0 Å². The normalized spacial score (nSPS) is 10.3. The van der Waals surface area contributed by atoms with E-state index in [2.05, 4.69) is 36.1 Å². The van der Waals surface area contributed by atoms with Crippen molar-refractivity contribution in [3.05, 3.63) is 28.9 Å². The van der Waals surface area contributed by atoms with Crippen LogP contribution in [0.3, 0.4) is 0 Å². The molecule has 0 fully saturated rings. The van der Waals surface area contributed by atoms with E-state index in [1.807, 2.05) is 0 Å². The second-order valence-electron chi connectivity index (χ2n) is 2.74. The summed E-state index contributed by atoms with van der Waals surface area (Å²) in [4.78, 5) is 20.5. The van der Waals surface area contributed by atoms with Gasteiger partial charge in [-0.3, -0.25) is 4.79 Å². The maximum atomic E-state index is 11.3. The number of carbonyl (C=O) groups excluding carboxylic acids is 1. The number of Topliss-reactive ketones (excluding diaryl/α,β-unsaturated/α-hetero) is 1. The molecule has 0 aliphatic carbocycles. The summed E-state index contributed by atoms with van der Waals surface area (Å²) in [5.41, 5.74) is 0.251. The second-order valence-corrected chi connectivity index (χ2v) is 3.55. The molecule has 0 spiro atoms. The van der Waals surface area contributed by atoms with Crippen molar-refractivity contribution in [1.82, 2.24) is 25.0 Å². The maximum Gasteiger partial charge on any atom is 0.203 e. The summed E-state index contributed by atoms with van der Waals surface area (Å²) in [6.07, 6.45) is 4.45. The van der Waals surface area contributed by atoms with E-state index in [4.69, 9.17) is 0 Å². The van der Waals surface area contributed by atoms with Crippen molar-refractivity contribution in [3.8, 4) is 5.82 Å². The first-order valence-corrected chi connectivity index (χ1v) is 4.88. The van der Waals surface area contributed by atoms with E-state index in [0.717, 1.165) is 0 Å². The minimum absolute atomic E-state index is 0.175. The number of hydrogen-bond donors (Lipinski definition) is 0. The van der Waals surface area contributed by atoms with E-state index in [1.54, 1.807) is 0 Å². The van der Waals surface area contributed by atoms with Crippen molar-refractivity contribution in [2.75, 3.05) is 0 Å². The Bertz CT molecular complexity index is 509. The van der Waals surface area contributed by atoms with Crippen molar-refractivity contribution in [3.63, 3.8) is 0 Å². The standard InChI is InChI=1S/C8H6BrN5O/c1-5(15)7-8(11-3-2-10-7)14-12-4-6(9)13-14/h2-4H,1H3. The molecule has 0 atom stereocenters. The Labute approximate surface area is 93.5 Å². The first kappa shape index (κ1) is 9.91. The lowest BCUT2D eigenvalue weighted by Gasteiger charge is -2.01. The predicted molar refractivity (Wildman–Crippen MR) is 54.7 cm³/mol. The lowest BCUT2D eigenvalue weighted by atomic mass is 10.3. The molecule has 15 heavy (non-hydrogen) atoms. The third-order valence-electron chi connectivity index (χ3n) is 1.67. The van der Waals surface area contributed by atoms with Crippen LogP contribution >= 0.6 is 15.9 Å². The number of ketones is 1. The Morgan fingerprint density at radius 1 is 1.40 bits per heavy atom. The average Bonchev–Trinajstić information content (AvgIpc) is 2.65. The average molecular weight is 268 g/mol. The molecule has 2 heterocycles. The Morgan fingerprint density at radius 3 is 2.73 bits per heavy atom. The molecule has 0 aliphatic heterocycles. The van der Waals surface area contributed by atoms with Gasteiger partial charge in [0, 0.05) is 19.3 Å². The highest BCUT2D eigenvalue weighted by Crippen LogP contribution is 2.09. The van der Waals surface area contributed by atoms with Gasteiger partial charge in [0.15, 0.2) is 11.5 Å². The number of hydrogen-bond acceptors (Lipinski definition) is 5. The van der Waals surface area contributed by atoms with Gasteiger partial charge >= 0.3 is 0 Å². The minimum Gasteiger partial charge on any atom is -0.293 e. The lowest BCUT2D eigenvalue weighted by molar-refractivity contribution is 0.101. The van der Waals surface area contributed by atoms with Gasteiger partial charge in [-0.2, -0.15) is 5.10 Å². The molecule has 0 aromatic carbocycles. The van der Waals surface area contributed by atoms with Crippen molar-refractivity contribution < 1.29 is 4.79 Å². The second kappa shape index (κ2) is 3.85. The molecular weight excluding hydrogens is 262 g/mol. The molecule has 0 saturated carbocycles. The van der Waals surface area contributed by atoms with Crippen LogP contribution in [0.25, 0.3) is 5.82 Å². The quantitative estimate of drug-likeness (QED) is 0.760. The van der Waals surface area contributed by atoms with E-state index in [0.29, 0.717) is 10.4 Å². The third kappa shape index (κ3) is 1.91. The molecule has 2 rings (SSSR count). The van der Waals surface area contributed by atoms with Crippen LogP contribution in [-0.4, -0.2) is 30.7 Å². The summed E-state index contributed by atoms with van der Waals surface area (Å²) in [6, 6.07) is 0. The molecule has 0 aliphatic rings. The van der Waals surface area contributed by atoms with Gasteiger partial charge in [0.25, 0.3) is 0 Å². The first-order chi connectivity index (χ1) is 7.18. The van der Waals surface area contributed by atoms with Gasteiger partial charge in [0.1, 0.15) is 4.60 Å². The Kier molecular flexibility index (Phi) is 2.55. The zero-order chi connectivity index (χ0) is 10.8. The fraction of sp³-hybridized carbons (Fsp3) is 0.125. The van der Waals surface area contributed by atoms with Crippen LogP contribution in [0, 0.1) is 0 Å². The van der Waals surface area contributed by atoms with Crippen LogP contribution < -0.4 is 0 Å². The highest BCUT2D eigenvalue weighted by atomic mass is 79.9. The molecule has 0 bridgehead atoms. The Hall–Kier alpha value is -1.63. The topological polar surface area (TPSA) is 73.6 Å². The summed E-state index contributed by atoms with van der Waals surface area (Å²) in [5, 5.41) is 7.92. The highest BCUT2D eigenvalue weighted by molar-refractivity contribution is 9.10. The Balaban J connectivity index is 2.57. The molecule has 0 saturated heterocycles. The van der Waals surface area contributed by atoms with Crippen LogP contribution in [0.1, 0.15) is 17.4 Å². The number of nitrogens with zero attached hydrogens (tertiary/aromatic N) is 5. The van der Waals surface area contributed by atoms with Crippen molar-refractivity contribution in [2.45, 2.75) is 6.92 Å². The summed E-state index contributed by atoms with van der Waals surface area (Å²) in [5.74, 6) is 0.155. The number of halogens is 1. The van der Waals surface area contributed by atoms with Crippen LogP contribution in [0.5, 0.6) is 0 Å². The zero-order valence-corrected chi connectivity index (χ0v) is 9.34. The molecule has 0 amide bonds. The van der Waals surface area contributed by atoms with Gasteiger partial charge in [0.2, 0.25) is 5.82 Å². The monoisotopic (exact) mass is 267 g/mol.